The predicted molar refractivity (Wildman–Crippen MR) is 148 cm³/mol. The highest BCUT2D eigenvalue weighted by Crippen LogP contribution is 2.29. The number of nitrogens with one attached hydrogen (secondary N) is 2. The number of carbonyl (C=O) groups excluding carboxylic acids is 3. The van der Waals surface area contributed by atoms with Crippen molar-refractivity contribution in [3.05, 3.63) is 47.5 Å². The first-order valence-corrected chi connectivity index (χ1v) is 15.3. The lowest BCUT2D eigenvalue weighted by atomic mass is 9.83. The second kappa shape index (κ2) is 13.3. The molecule has 4 rings (SSSR count). The molecule has 39 heavy (non-hydrogen) atoms. The van der Waals surface area contributed by atoms with Crippen molar-refractivity contribution in [1.29, 1.82) is 0 Å². The van der Waals surface area contributed by atoms with Gasteiger partial charge in [-0.1, -0.05) is 32.3 Å². The van der Waals surface area contributed by atoms with Crippen LogP contribution in [0.4, 0.5) is 10.1 Å². The van der Waals surface area contributed by atoms with Gasteiger partial charge in [0.1, 0.15) is 17.6 Å². The molecule has 3 amide bonds. The summed E-state index contributed by atoms with van der Waals surface area (Å²) in [6.45, 7) is 5.24. The van der Waals surface area contributed by atoms with Gasteiger partial charge in [-0.3, -0.25) is 23.3 Å². The fourth-order valence-corrected chi connectivity index (χ4v) is 6.46. The number of carbonyl (C=O) groups is 3. The summed E-state index contributed by atoms with van der Waals surface area (Å²) in [4.78, 5) is 40.8. The highest BCUT2D eigenvalue weighted by atomic mass is 32.2. The molecule has 0 radical (unpaired) electrons. The minimum atomic E-state index is -0.860. The van der Waals surface area contributed by atoms with Crippen LogP contribution in [0.5, 0.6) is 0 Å². The number of nitrogens with zero attached hydrogens (tertiary/aromatic N) is 3. The van der Waals surface area contributed by atoms with Crippen molar-refractivity contribution < 1.29 is 23.0 Å². The number of aromatic nitrogens is 2. The van der Waals surface area contributed by atoms with Gasteiger partial charge in [0.2, 0.25) is 11.8 Å². The number of halogens is 1. The van der Waals surface area contributed by atoms with Crippen LogP contribution in [0.3, 0.4) is 0 Å². The van der Waals surface area contributed by atoms with Gasteiger partial charge in [0.05, 0.1) is 5.69 Å². The second-order valence-electron chi connectivity index (χ2n) is 10.4. The zero-order valence-electron chi connectivity index (χ0n) is 22.7. The number of aryl methyl sites for hydroxylation is 1. The predicted octanol–water partition coefficient (Wildman–Crippen LogP) is 3.44. The molecule has 212 valence electrons. The fraction of sp³-hybridized carbons (Fsp3) is 0.571. The van der Waals surface area contributed by atoms with Gasteiger partial charge < -0.3 is 15.5 Å². The molecule has 9 nitrogen and oxygen atoms in total. The Balaban J connectivity index is 1.42. The molecule has 1 aromatic carbocycles. The largest absolute Gasteiger partial charge is 0.341 e. The maximum Gasteiger partial charge on any atom is 0.270 e. The quantitative estimate of drug-likeness (QED) is 0.489. The van der Waals surface area contributed by atoms with Crippen LogP contribution in [-0.4, -0.2) is 67.2 Å². The third-order valence-electron chi connectivity index (χ3n) is 7.77. The van der Waals surface area contributed by atoms with Crippen LogP contribution in [0.2, 0.25) is 0 Å². The van der Waals surface area contributed by atoms with Gasteiger partial charge in [-0.15, -0.1) is 0 Å². The van der Waals surface area contributed by atoms with Crippen molar-refractivity contribution in [2.75, 3.05) is 29.9 Å². The Morgan fingerprint density at radius 1 is 1.13 bits per heavy atom. The lowest BCUT2D eigenvalue weighted by Gasteiger charge is -2.30. The van der Waals surface area contributed by atoms with E-state index in [9.17, 15) is 18.6 Å². The molecule has 2 atom stereocenters. The molecular weight excluding hydrogens is 521 g/mol. The van der Waals surface area contributed by atoms with Crippen LogP contribution in [0.25, 0.3) is 0 Å². The monoisotopic (exact) mass is 559 g/mol. The molecule has 1 aromatic heterocycles. The molecule has 1 aliphatic heterocycles. The molecule has 0 bridgehead atoms. The van der Waals surface area contributed by atoms with Crippen molar-refractivity contribution >= 4 is 34.2 Å². The molecule has 2 fully saturated rings. The highest BCUT2D eigenvalue weighted by molar-refractivity contribution is 7.85. The van der Waals surface area contributed by atoms with Crippen LogP contribution in [0.1, 0.15) is 74.3 Å². The maximum atomic E-state index is 15.2. The smallest absolute Gasteiger partial charge is 0.270 e. The summed E-state index contributed by atoms with van der Waals surface area (Å²) in [5.41, 5.74) is 1.07. The SMILES string of the molecule is CCn1nccc1C(=O)NC(C(=O)Nc1ccc(C(C)CC(=O)N2CCS(=O)CC2)cc1F)C1CCCCC1. The average Bonchev–Trinajstić information content (AvgIpc) is 3.42. The Morgan fingerprint density at radius 3 is 2.51 bits per heavy atom. The Hall–Kier alpha value is -3.08. The van der Waals surface area contributed by atoms with E-state index in [2.05, 4.69) is 15.7 Å². The molecule has 2 aliphatic rings. The van der Waals surface area contributed by atoms with E-state index >= 15 is 4.39 Å². The van der Waals surface area contributed by atoms with Crippen molar-refractivity contribution in [3.63, 3.8) is 0 Å². The molecule has 2 N–H and O–H groups in total. The summed E-state index contributed by atoms with van der Waals surface area (Å²) in [5, 5.41) is 9.73. The lowest BCUT2D eigenvalue weighted by Crippen LogP contribution is -2.49. The van der Waals surface area contributed by atoms with Gasteiger partial charge in [0.15, 0.2) is 0 Å². The minimum absolute atomic E-state index is 0.0348. The van der Waals surface area contributed by atoms with Crippen molar-refractivity contribution in [2.24, 2.45) is 5.92 Å². The summed E-state index contributed by atoms with van der Waals surface area (Å²) >= 11 is 0. The molecule has 1 saturated carbocycles. The normalized spacial score (nSPS) is 18.4. The minimum Gasteiger partial charge on any atom is -0.341 e. The first kappa shape index (κ1) is 28.9. The lowest BCUT2D eigenvalue weighted by molar-refractivity contribution is -0.131. The van der Waals surface area contributed by atoms with Gasteiger partial charge >= 0.3 is 0 Å². The van der Waals surface area contributed by atoms with E-state index in [4.69, 9.17) is 0 Å². The summed E-state index contributed by atoms with van der Waals surface area (Å²) < 4.78 is 28.3. The molecule has 2 heterocycles. The third-order valence-corrected chi connectivity index (χ3v) is 9.05. The van der Waals surface area contributed by atoms with Crippen LogP contribution >= 0.6 is 0 Å². The molecular formula is C28H38FN5O4S. The van der Waals surface area contributed by atoms with E-state index in [1.807, 2.05) is 13.8 Å². The molecule has 1 saturated heterocycles. The first-order chi connectivity index (χ1) is 18.8. The maximum absolute atomic E-state index is 15.2. The van der Waals surface area contributed by atoms with E-state index in [-0.39, 0.29) is 35.8 Å². The Kier molecular flexibility index (Phi) is 9.88. The number of hydrogen-bond donors (Lipinski definition) is 2. The van der Waals surface area contributed by atoms with Crippen molar-refractivity contribution in [1.82, 2.24) is 20.0 Å². The van der Waals surface area contributed by atoms with Crippen LogP contribution in [0, 0.1) is 11.7 Å². The number of rotatable bonds is 9. The number of hydrogen-bond acceptors (Lipinski definition) is 5. The van der Waals surface area contributed by atoms with Gasteiger partial charge in [0, 0.05) is 54.6 Å². The summed E-state index contributed by atoms with van der Waals surface area (Å²) in [5.74, 6) is -0.729. The zero-order chi connectivity index (χ0) is 27.9. The van der Waals surface area contributed by atoms with Crippen LogP contribution in [0.15, 0.2) is 30.5 Å². The first-order valence-electron chi connectivity index (χ1n) is 13.8. The van der Waals surface area contributed by atoms with E-state index in [0.29, 0.717) is 42.4 Å². The Bertz CT molecular complexity index is 1200. The zero-order valence-corrected chi connectivity index (χ0v) is 23.5. The standard InChI is InChI=1S/C28H38FN5O4S/c1-3-34-24(11-12-30-34)27(36)32-26(20-7-5-4-6-8-20)28(37)31-23-10-9-21(18-22(23)29)19(2)17-25(35)33-13-15-39(38)16-14-33/h9-12,18-20,26H,3-8,13-17H2,1-2H3,(H,31,37)(H,32,36). The molecule has 1 aliphatic carbocycles. The van der Waals surface area contributed by atoms with E-state index < -0.39 is 28.6 Å². The highest BCUT2D eigenvalue weighted by Gasteiger charge is 2.32. The van der Waals surface area contributed by atoms with E-state index in [1.165, 1.54) is 12.1 Å². The number of benzene rings is 1. The fourth-order valence-electron chi connectivity index (χ4n) is 5.40. The van der Waals surface area contributed by atoms with Crippen LogP contribution in [-0.2, 0) is 26.9 Å². The number of amides is 3. The summed E-state index contributed by atoms with van der Waals surface area (Å²) in [6, 6.07) is 5.40. The molecule has 2 unspecified atom stereocenters. The molecule has 11 heteroatoms. The topological polar surface area (TPSA) is 113 Å². The van der Waals surface area contributed by atoms with E-state index in [1.54, 1.807) is 27.9 Å². The third kappa shape index (κ3) is 7.32. The molecule has 0 spiro atoms. The van der Waals surface area contributed by atoms with E-state index in [0.717, 1.165) is 32.1 Å². The molecule has 2 aromatic rings. The summed E-state index contributed by atoms with van der Waals surface area (Å²) in [7, 11) is -0.860. The van der Waals surface area contributed by atoms with Gasteiger partial charge in [-0.05, 0) is 55.4 Å². The number of anilines is 1. The average molecular weight is 560 g/mol. The van der Waals surface area contributed by atoms with Gasteiger partial charge in [-0.25, -0.2) is 4.39 Å². The van der Waals surface area contributed by atoms with Crippen molar-refractivity contribution in [3.8, 4) is 0 Å². The van der Waals surface area contributed by atoms with Crippen molar-refractivity contribution in [2.45, 2.75) is 70.9 Å². The van der Waals surface area contributed by atoms with Gasteiger partial charge in [0.25, 0.3) is 5.91 Å². The Labute approximate surface area is 231 Å². The Morgan fingerprint density at radius 2 is 1.85 bits per heavy atom. The second-order valence-corrected chi connectivity index (χ2v) is 12.1. The van der Waals surface area contributed by atoms with Crippen LogP contribution < -0.4 is 10.6 Å². The summed E-state index contributed by atoms with van der Waals surface area (Å²) in [6.07, 6.45) is 6.45. The van der Waals surface area contributed by atoms with Gasteiger partial charge in [-0.2, -0.15) is 5.10 Å².